The first-order valence-corrected chi connectivity index (χ1v) is 4.90. The Balaban J connectivity index is 2.75. The number of halogens is 3. The van der Waals surface area contributed by atoms with Crippen molar-refractivity contribution in [3.63, 3.8) is 0 Å². The van der Waals surface area contributed by atoms with Crippen LogP contribution in [0.5, 0.6) is 5.75 Å². The van der Waals surface area contributed by atoms with Crippen molar-refractivity contribution >= 4 is 0 Å². The van der Waals surface area contributed by atoms with Gasteiger partial charge in [0.05, 0.1) is 19.1 Å². The Bertz CT molecular complexity index is 336. The van der Waals surface area contributed by atoms with Crippen LogP contribution in [0.15, 0.2) is 24.3 Å². The molecule has 0 bridgehead atoms. The van der Waals surface area contributed by atoms with Crippen LogP contribution in [0.1, 0.15) is 25.0 Å². The molecule has 0 fully saturated rings. The van der Waals surface area contributed by atoms with Gasteiger partial charge in [0.15, 0.2) is 0 Å². The molecule has 16 heavy (non-hydrogen) atoms. The molecule has 0 saturated heterocycles. The second-order valence-corrected chi connectivity index (χ2v) is 3.34. The fourth-order valence-electron chi connectivity index (χ4n) is 1.32. The van der Waals surface area contributed by atoms with Gasteiger partial charge in [0.1, 0.15) is 5.75 Å². The Morgan fingerprint density at radius 1 is 1.38 bits per heavy atom. The monoisotopic (exact) mass is 234 g/mol. The summed E-state index contributed by atoms with van der Waals surface area (Å²) in [6.07, 6.45) is -7.16. The smallest absolute Gasteiger partial charge is 0.391 e. The fourth-order valence-corrected chi connectivity index (χ4v) is 1.32. The van der Waals surface area contributed by atoms with Gasteiger partial charge in [-0.25, -0.2) is 0 Å². The van der Waals surface area contributed by atoms with E-state index in [1.54, 1.807) is 19.1 Å². The highest BCUT2D eigenvalue weighted by molar-refractivity contribution is 5.29. The molecule has 1 rings (SSSR count). The van der Waals surface area contributed by atoms with Crippen molar-refractivity contribution in [3.8, 4) is 5.75 Å². The molecule has 0 aliphatic carbocycles. The van der Waals surface area contributed by atoms with Crippen molar-refractivity contribution in [2.24, 2.45) is 0 Å². The van der Waals surface area contributed by atoms with E-state index in [4.69, 9.17) is 4.74 Å². The molecule has 0 radical (unpaired) electrons. The van der Waals surface area contributed by atoms with E-state index in [-0.39, 0.29) is 5.56 Å². The first kappa shape index (κ1) is 12.8. The lowest BCUT2D eigenvalue weighted by Crippen LogP contribution is -2.13. The first-order chi connectivity index (χ1) is 7.42. The minimum Gasteiger partial charge on any atom is -0.494 e. The molecule has 0 spiro atoms. The van der Waals surface area contributed by atoms with Crippen molar-refractivity contribution in [2.45, 2.75) is 25.6 Å². The molecule has 0 heterocycles. The Kier molecular flexibility index (Phi) is 4.18. The summed E-state index contributed by atoms with van der Waals surface area (Å²) in [5.41, 5.74) is 0.211. The van der Waals surface area contributed by atoms with Gasteiger partial charge < -0.3 is 9.84 Å². The van der Waals surface area contributed by atoms with Crippen LogP contribution in [0.25, 0.3) is 0 Å². The predicted octanol–water partition coefficient (Wildman–Crippen LogP) is 3.07. The summed E-state index contributed by atoms with van der Waals surface area (Å²) in [4.78, 5) is 0. The number of ether oxygens (including phenoxy) is 1. The van der Waals surface area contributed by atoms with E-state index in [1.165, 1.54) is 12.1 Å². The van der Waals surface area contributed by atoms with E-state index >= 15 is 0 Å². The minimum absolute atomic E-state index is 0.211. The normalized spacial score (nSPS) is 13.6. The van der Waals surface area contributed by atoms with Crippen LogP contribution >= 0.6 is 0 Å². The van der Waals surface area contributed by atoms with Crippen LogP contribution < -0.4 is 4.74 Å². The third-order valence-electron chi connectivity index (χ3n) is 1.98. The van der Waals surface area contributed by atoms with Crippen LogP contribution in [-0.4, -0.2) is 17.9 Å². The van der Waals surface area contributed by atoms with E-state index in [0.717, 1.165) is 0 Å². The summed E-state index contributed by atoms with van der Waals surface area (Å²) in [5, 5.41) is 9.37. The van der Waals surface area contributed by atoms with E-state index in [0.29, 0.717) is 12.4 Å². The van der Waals surface area contributed by atoms with E-state index in [9.17, 15) is 18.3 Å². The molecular formula is C11H13F3O2. The molecule has 5 heteroatoms. The zero-order valence-electron chi connectivity index (χ0n) is 8.79. The quantitative estimate of drug-likeness (QED) is 0.867. The first-order valence-electron chi connectivity index (χ1n) is 4.90. The summed E-state index contributed by atoms with van der Waals surface area (Å²) < 4.78 is 41.3. The lowest BCUT2D eigenvalue weighted by Gasteiger charge is -2.14. The van der Waals surface area contributed by atoms with Crippen LogP contribution in [0.2, 0.25) is 0 Å². The molecule has 0 aliphatic heterocycles. The molecule has 1 aromatic carbocycles. The Hall–Kier alpha value is -1.23. The number of aliphatic hydroxyl groups is 1. The molecule has 0 amide bonds. The number of hydrogen-bond donors (Lipinski definition) is 1. The highest BCUT2D eigenvalue weighted by Crippen LogP contribution is 2.30. The average molecular weight is 234 g/mol. The number of hydrogen-bond acceptors (Lipinski definition) is 2. The molecule has 0 saturated carbocycles. The standard InChI is InChI=1S/C11H13F3O2/c1-2-16-9-5-3-4-8(6-9)10(15)7-11(12,13)14/h3-6,10,15H,2,7H2,1H3. The van der Waals surface area contributed by atoms with Crippen molar-refractivity contribution < 1.29 is 23.0 Å². The van der Waals surface area contributed by atoms with Gasteiger partial charge in [-0.15, -0.1) is 0 Å². The van der Waals surface area contributed by atoms with Gasteiger partial charge in [-0.2, -0.15) is 13.2 Å². The van der Waals surface area contributed by atoms with Crippen LogP contribution in [0.4, 0.5) is 13.2 Å². The number of benzene rings is 1. The van der Waals surface area contributed by atoms with Crippen molar-refractivity contribution in [2.75, 3.05) is 6.61 Å². The summed E-state index contributed by atoms with van der Waals surface area (Å²) in [7, 11) is 0. The topological polar surface area (TPSA) is 29.5 Å². The zero-order valence-corrected chi connectivity index (χ0v) is 8.79. The zero-order chi connectivity index (χ0) is 12.2. The van der Waals surface area contributed by atoms with E-state index in [2.05, 4.69) is 0 Å². The van der Waals surface area contributed by atoms with Crippen molar-refractivity contribution in [1.29, 1.82) is 0 Å². The molecule has 1 N–H and O–H groups in total. The maximum absolute atomic E-state index is 12.0. The number of aliphatic hydroxyl groups excluding tert-OH is 1. The Morgan fingerprint density at radius 2 is 2.06 bits per heavy atom. The number of alkyl halides is 3. The third-order valence-corrected chi connectivity index (χ3v) is 1.98. The van der Waals surface area contributed by atoms with Gasteiger partial charge >= 0.3 is 6.18 Å². The van der Waals surface area contributed by atoms with E-state index < -0.39 is 18.7 Å². The van der Waals surface area contributed by atoms with Gasteiger partial charge in [-0.1, -0.05) is 12.1 Å². The summed E-state index contributed by atoms with van der Waals surface area (Å²) in [6, 6.07) is 6.05. The largest absolute Gasteiger partial charge is 0.494 e. The fraction of sp³-hybridized carbons (Fsp3) is 0.455. The van der Waals surface area contributed by atoms with Gasteiger partial charge in [0, 0.05) is 0 Å². The lowest BCUT2D eigenvalue weighted by molar-refractivity contribution is -0.154. The van der Waals surface area contributed by atoms with Crippen LogP contribution in [-0.2, 0) is 0 Å². The average Bonchev–Trinajstić information content (AvgIpc) is 2.16. The SMILES string of the molecule is CCOc1cccc(C(O)CC(F)(F)F)c1. The van der Waals surface area contributed by atoms with Crippen LogP contribution in [0, 0.1) is 0 Å². The summed E-state index contributed by atoms with van der Waals surface area (Å²) >= 11 is 0. The Morgan fingerprint density at radius 3 is 2.62 bits per heavy atom. The highest BCUT2D eigenvalue weighted by atomic mass is 19.4. The lowest BCUT2D eigenvalue weighted by atomic mass is 10.1. The molecular weight excluding hydrogens is 221 g/mol. The van der Waals surface area contributed by atoms with E-state index in [1.807, 2.05) is 0 Å². The van der Waals surface area contributed by atoms with Gasteiger partial charge in [0.2, 0.25) is 0 Å². The molecule has 0 aromatic heterocycles. The number of rotatable bonds is 4. The van der Waals surface area contributed by atoms with Crippen molar-refractivity contribution in [1.82, 2.24) is 0 Å². The van der Waals surface area contributed by atoms with Gasteiger partial charge in [-0.3, -0.25) is 0 Å². The summed E-state index contributed by atoms with van der Waals surface area (Å²) in [5.74, 6) is 0.459. The second kappa shape index (κ2) is 5.21. The molecule has 2 nitrogen and oxygen atoms in total. The van der Waals surface area contributed by atoms with Crippen molar-refractivity contribution in [3.05, 3.63) is 29.8 Å². The molecule has 90 valence electrons. The second-order valence-electron chi connectivity index (χ2n) is 3.34. The molecule has 1 unspecified atom stereocenters. The van der Waals surface area contributed by atoms with Gasteiger partial charge in [-0.05, 0) is 24.6 Å². The Labute approximate surface area is 91.7 Å². The summed E-state index contributed by atoms with van der Waals surface area (Å²) in [6.45, 7) is 2.21. The third kappa shape index (κ3) is 4.10. The minimum atomic E-state index is -4.37. The predicted molar refractivity (Wildman–Crippen MR) is 53.2 cm³/mol. The maximum Gasteiger partial charge on any atom is 0.391 e. The van der Waals surface area contributed by atoms with Crippen LogP contribution in [0.3, 0.4) is 0 Å². The highest BCUT2D eigenvalue weighted by Gasteiger charge is 2.31. The molecule has 1 atom stereocenters. The van der Waals surface area contributed by atoms with Gasteiger partial charge in [0.25, 0.3) is 0 Å². The maximum atomic E-state index is 12.0. The molecule has 0 aliphatic rings. The molecule has 1 aromatic rings.